The lowest BCUT2D eigenvalue weighted by Crippen LogP contribution is -1.97. The quantitative estimate of drug-likeness (QED) is 0.788. The Kier molecular flexibility index (Phi) is 3.52. The molecule has 2 heteroatoms. The van der Waals surface area contributed by atoms with Gasteiger partial charge in [0.2, 0.25) is 0 Å². The van der Waals surface area contributed by atoms with Crippen LogP contribution in [-0.4, -0.2) is 0 Å². The third-order valence-electron chi connectivity index (χ3n) is 2.42. The summed E-state index contributed by atoms with van der Waals surface area (Å²) in [6, 6.07) is 16.1. The minimum absolute atomic E-state index is 0.583. The number of hydrogen-bond donors (Lipinski definition) is 1. The van der Waals surface area contributed by atoms with Gasteiger partial charge in [0.05, 0.1) is 0 Å². The van der Waals surface area contributed by atoms with Crippen molar-refractivity contribution in [1.82, 2.24) is 0 Å². The molecule has 0 aliphatic carbocycles. The number of para-hydroxylation sites is 1. The summed E-state index contributed by atoms with van der Waals surface area (Å²) in [5, 5.41) is 0. The molecule has 0 aliphatic rings. The Bertz CT molecular complexity index is 445. The van der Waals surface area contributed by atoms with Gasteiger partial charge in [0, 0.05) is 4.90 Å². The smallest absolute Gasteiger partial charge is 0.136 e. The van der Waals surface area contributed by atoms with Gasteiger partial charge in [-0.05, 0) is 24.1 Å². The summed E-state index contributed by atoms with van der Waals surface area (Å²) in [5.74, 6) is 0.870. The maximum absolute atomic E-state index is 5.78. The normalized spacial score (nSPS) is 10.1. The third kappa shape index (κ3) is 2.58. The van der Waals surface area contributed by atoms with Crippen LogP contribution in [0.2, 0.25) is 0 Å². The molecular formula is C14H14OS. The van der Waals surface area contributed by atoms with Crippen LogP contribution in [0.25, 0.3) is 0 Å². The van der Waals surface area contributed by atoms with E-state index >= 15 is 0 Å². The number of hydrogen-bond acceptors (Lipinski definition) is 2. The van der Waals surface area contributed by atoms with Crippen molar-refractivity contribution in [3.05, 3.63) is 59.7 Å². The first-order chi connectivity index (χ1) is 7.77. The Balaban J connectivity index is 2.11. The maximum Gasteiger partial charge on any atom is 0.136 e. The molecule has 0 saturated heterocycles. The zero-order valence-corrected chi connectivity index (χ0v) is 10.1. The molecule has 16 heavy (non-hydrogen) atoms. The van der Waals surface area contributed by atoms with E-state index in [1.54, 1.807) is 0 Å². The molecular weight excluding hydrogens is 216 g/mol. The van der Waals surface area contributed by atoms with Crippen molar-refractivity contribution in [1.29, 1.82) is 0 Å². The molecule has 0 radical (unpaired) electrons. The van der Waals surface area contributed by atoms with Gasteiger partial charge < -0.3 is 4.74 Å². The molecule has 2 aromatic carbocycles. The van der Waals surface area contributed by atoms with Gasteiger partial charge in [0.25, 0.3) is 0 Å². The van der Waals surface area contributed by atoms with E-state index < -0.39 is 0 Å². The van der Waals surface area contributed by atoms with Gasteiger partial charge in [0.1, 0.15) is 12.4 Å². The molecule has 0 saturated carbocycles. The molecule has 1 nitrogen and oxygen atoms in total. The summed E-state index contributed by atoms with van der Waals surface area (Å²) in [6.45, 7) is 2.61. The van der Waals surface area contributed by atoms with Crippen LogP contribution in [0, 0.1) is 6.92 Å². The van der Waals surface area contributed by atoms with Gasteiger partial charge in [-0.2, -0.15) is 0 Å². The summed E-state index contributed by atoms with van der Waals surface area (Å²) in [4.78, 5) is 0.885. The van der Waals surface area contributed by atoms with Crippen molar-refractivity contribution >= 4 is 12.6 Å². The average molecular weight is 230 g/mol. The molecule has 0 N–H and O–H groups in total. The Labute approximate surface area is 101 Å². The average Bonchev–Trinajstić information content (AvgIpc) is 2.30. The van der Waals surface area contributed by atoms with E-state index in [-0.39, 0.29) is 0 Å². The Morgan fingerprint density at radius 1 is 1.00 bits per heavy atom. The highest BCUT2D eigenvalue weighted by atomic mass is 32.1. The fourth-order valence-corrected chi connectivity index (χ4v) is 1.88. The zero-order chi connectivity index (χ0) is 11.4. The van der Waals surface area contributed by atoms with Crippen molar-refractivity contribution in [3.63, 3.8) is 0 Å². The molecule has 82 valence electrons. The van der Waals surface area contributed by atoms with Crippen LogP contribution in [0.4, 0.5) is 0 Å². The summed E-state index contributed by atoms with van der Waals surface area (Å²) < 4.78 is 5.78. The molecule has 0 fully saturated rings. The second kappa shape index (κ2) is 5.08. The maximum atomic E-state index is 5.78. The van der Waals surface area contributed by atoms with E-state index in [0.717, 1.165) is 16.2 Å². The molecule has 0 bridgehead atoms. The van der Waals surface area contributed by atoms with E-state index in [9.17, 15) is 0 Å². The SMILES string of the molecule is Cc1cccc(S)c1OCc1ccccc1. The summed E-state index contributed by atoms with van der Waals surface area (Å²) >= 11 is 4.39. The van der Waals surface area contributed by atoms with Crippen LogP contribution < -0.4 is 4.74 Å². The highest BCUT2D eigenvalue weighted by Gasteiger charge is 2.03. The zero-order valence-electron chi connectivity index (χ0n) is 9.18. The lowest BCUT2D eigenvalue weighted by Gasteiger charge is -2.11. The highest BCUT2D eigenvalue weighted by Crippen LogP contribution is 2.27. The van der Waals surface area contributed by atoms with Crippen LogP contribution in [0.1, 0.15) is 11.1 Å². The van der Waals surface area contributed by atoms with E-state index in [1.165, 1.54) is 5.56 Å². The lowest BCUT2D eigenvalue weighted by atomic mass is 10.2. The van der Waals surface area contributed by atoms with Crippen LogP contribution in [0.5, 0.6) is 5.75 Å². The van der Waals surface area contributed by atoms with Crippen molar-refractivity contribution < 1.29 is 4.74 Å². The number of rotatable bonds is 3. The molecule has 2 rings (SSSR count). The molecule has 0 aliphatic heterocycles. The molecule has 0 unspecified atom stereocenters. The van der Waals surface area contributed by atoms with Crippen LogP contribution in [0.3, 0.4) is 0 Å². The van der Waals surface area contributed by atoms with Gasteiger partial charge in [0.15, 0.2) is 0 Å². The van der Waals surface area contributed by atoms with E-state index in [2.05, 4.69) is 24.8 Å². The Hall–Kier alpha value is -1.41. The number of benzene rings is 2. The van der Waals surface area contributed by atoms with E-state index in [4.69, 9.17) is 4.74 Å². The fraction of sp³-hybridized carbons (Fsp3) is 0.143. The summed E-state index contributed by atoms with van der Waals surface area (Å²) in [5.41, 5.74) is 2.28. The van der Waals surface area contributed by atoms with Crippen LogP contribution in [0.15, 0.2) is 53.4 Å². The second-order valence-electron chi connectivity index (χ2n) is 3.70. The number of aryl methyl sites for hydroxylation is 1. The molecule has 0 spiro atoms. The second-order valence-corrected chi connectivity index (χ2v) is 4.18. The number of ether oxygens (including phenoxy) is 1. The third-order valence-corrected chi connectivity index (χ3v) is 2.77. The van der Waals surface area contributed by atoms with Gasteiger partial charge in [-0.15, -0.1) is 12.6 Å². The molecule has 0 heterocycles. The first kappa shape index (κ1) is 11.1. The summed E-state index contributed by atoms with van der Waals surface area (Å²) in [6.07, 6.45) is 0. The predicted molar refractivity (Wildman–Crippen MR) is 69.2 cm³/mol. The minimum Gasteiger partial charge on any atom is -0.487 e. The van der Waals surface area contributed by atoms with Gasteiger partial charge in [-0.1, -0.05) is 42.5 Å². The van der Waals surface area contributed by atoms with Crippen molar-refractivity contribution in [2.24, 2.45) is 0 Å². The topological polar surface area (TPSA) is 9.23 Å². The standard InChI is InChI=1S/C14H14OS/c1-11-6-5-9-13(16)14(11)15-10-12-7-3-2-4-8-12/h2-9,16H,10H2,1H3. The van der Waals surface area contributed by atoms with Gasteiger partial charge >= 0.3 is 0 Å². The first-order valence-corrected chi connectivity index (χ1v) is 5.67. The Morgan fingerprint density at radius 2 is 1.75 bits per heavy atom. The first-order valence-electron chi connectivity index (χ1n) is 5.22. The fourth-order valence-electron chi connectivity index (χ4n) is 1.55. The Morgan fingerprint density at radius 3 is 2.44 bits per heavy atom. The largest absolute Gasteiger partial charge is 0.487 e. The highest BCUT2D eigenvalue weighted by molar-refractivity contribution is 7.80. The van der Waals surface area contributed by atoms with Crippen molar-refractivity contribution in [2.75, 3.05) is 0 Å². The molecule has 0 aromatic heterocycles. The van der Waals surface area contributed by atoms with Gasteiger partial charge in [-0.3, -0.25) is 0 Å². The predicted octanol–water partition coefficient (Wildman–Crippen LogP) is 3.86. The van der Waals surface area contributed by atoms with Crippen molar-refractivity contribution in [3.8, 4) is 5.75 Å². The van der Waals surface area contributed by atoms with Crippen LogP contribution >= 0.6 is 12.6 Å². The summed E-state index contributed by atoms with van der Waals surface area (Å²) in [7, 11) is 0. The molecule has 0 atom stereocenters. The minimum atomic E-state index is 0.583. The molecule has 2 aromatic rings. The van der Waals surface area contributed by atoms with E-state index in [1.807, 2.05) is 43.3 Å². The molecule has 0 amide bonds. The van der Waals surface area contributed by atoms with Crippen LogP contribution in [-0.2, 0) is 6.61 Å². The monoisotopic (exact) mass is 230 g/mol. The van der Waals surface area contributed by atoms with E-state index in [0.29, 0.717) is 6.61 Å². The lowest BCUT2D eigenvalue weighted by molar-refractivity contribution is 0.297. The van der Waals surface area contributed by atoms with Gasteiger partial charge in [-0.25, -0.2) is 0 Å². The van der Waals surface area contributed by atoms with Crippen molar-refractivity contribution in [2.45, 2.75) is 18.4 Å². The number of thiol groups is 1.